The standard InChI is InChI=1S/C23H26N2O3/c1-17-7-9-18(10-8-17)15-19-5-2-3-6-20(19)21(26)25-13-4-11-23(12-14-25)16-24-22(27)28-23/h2-3,5-10H,4,11-16H2,1H3,(H,24,27)/t23-/m0/s1. The van der Waals surface area contributed by atoms with Crippen LogP contribution in [0.25, 0.3) is 0 Å². The molecule has 4 rings (SSSR count). The monoisotopic (exact) mass is 378 g/mol. The second kappa shape index (κ2) is 7.66. The molecule has 2 fully saturated rings. The summed E-state index contributed by atoms with van der Waals surface area (Å²) < 4.78 is 5.53. The third-order valence-corrected chi connectivity index (χ3v) is 5.81. The van der Waals surface area contributed by atoms with Crippen molar-refractivity contribution in [2.45, 2.75) is 38.2 Å². The summed E-state index contributed by atoms with van der Waals surface area (Å²) >= 11 is 0. The smallest absolute Gasteiger partial charge is 0.407 e. The van der Waals surface area contributed by atoms with E-state index < -0.39 is 5.60 Å². The Bertz CT molecular complexity index is 878. The number of nitrogens with zero attached hydrogens (tertiary/aromatic N) is 1. The van der Waals surface area contributed by atoms with Crippen LogP contribution in [0.1, 0.15) is 46.3 Å². The highest BCUT2D eigenvalue weighted by Gasteiger charge is 2.42. The Labute approximate surface area is 165 Å². The van der Waals surface area contributed by atoms with E-state index in [0.29, 0.717) is 26.1 Å². The number of aryl methyl sites for hydroxylation is 1. The molecule has 2 aromatic rings. The average molecular weight is 378 g/mol. The quantitative estimate of drug-likeness (QED) is 0.886. The third kappa shape index (κ3) is 3.88. The molecular weight excluding hydrogens is 352 g/mol. The fourth-order valence-corrected chi connectivity index (χ4v) is 4.13. The van der Waals surface area contributed by atoms with Gasteiger partial charge in [0.15, 0.2) is 0 Å². The zero-order valence-electron chi connectivity index (χ0n) is 16.2. The van der Waals surface area contributed by atoms with Crippen molar-refractivity contribution in [3.8, 4) is 0 Å². The van der Waals surface area contributed by atoms with Gasteiger partial charge in [0.2, 0.25) is 0 Å². The third-order valence-electron chi connectivity index (χ3n) is 5.81. The maximum absolute atomic E-state index is 13.3. The Balaban J connectivity index is 1.50. The largest absolute Gasteiger partial charge is 0.441 e. The van der Waals surface area contributed by atoms with Gasteiger partial charge in [0.1, 0.15) is 5.60 Å². The molecule has 2 aliphatic heterocycles. The van der Waals surface area contributed by atoms with Gasteiger partial charge in [0.05, 0.1) is 6.54 Å². The van der Waals surface area contributed by atoms with E-state index >= 15 is 0 Å². The molecule has 2 amide bonds. The predicted octanol–water partition coefficient (Wildman–Crippen LogP) is 3.69. The Morgan fingerprint density at radius 1 is 1.11 bits per heavy atom. The van der Waals surface area contributed by atoms with E-state index in [-0.39, 0.29) is 12.0 Å². The Kier molecular flexibility index (Phi) is 5.07. The van der Waals surface area contributed by atoms with Crippen LogP contribution in [0, 0.1) is 6.92 Å². The van der Waals surface area contributed by atoms with Crippen molar-refractivity contribution in [1.29, 1.82) is 0 Å². The minimum absolute atomic E-state index is 0.0667. The summed E-state index contributed by atoms with van der Waals surface area (Å²) in [7, 11) is 0. The zero-order chi connectivity index (χ0) is 19.6. The first-order valence-corrected chi connectivity index (χ1v) is 9.94. The van der Waals surface area contributed by atoms with E-state index in [0.717, 1.165) is 30.4 Å². The second-order valence-corrected chi connectivity index (χ2v) is 7.89. The number of amides is 2. The molecule has 0 radical (unpaired) electrons. The first kappa shape index (κ1) is 18.5. The molecule has 1 N–H and O–H groups in total. The van der Waals surface area contributed by atoms with E-state index in [2.05, 4.69) is 36.5 Å². The van der Waals surface area contributed by atoms with Gasteiger partial charge in [0, 0.05) is 25.1 Å². The first-order chi connectivity index (χ1) is 13.5. The molecule has 0 aliphatic carbocycles. The molecule has 2 heterocycles. The SMILES string of the molecule is Cc1ccc(Cc2ccccc2C(=O)N2CCC[C@]3(CC2)CNC(=O)O3)cc1. The van der Waals surface area contributed by atoms with Crippen LogP contribution >= 0.6 is 0 Å². The van der Waals surface area contributed by atoms with Crippen molar-refractivity contribution < 1.29 is 14.3 Å². The van der Waals surface area contributed by atoms with Gasteiger partial charge >= 0.3 is 6.09 Å². The van der Waals surface area contributed by atoms with Gasteiger partial charge < -0.3 is 15.0 Å². The summed E-state index contributed by atoms with van der Waals surface area (Å²) in [5.74, 6) is 0.0667. The van der Waals surface area contributed by atoms with Gasteiger partial charge in [-0.25, -0.2) is 4.79 Å². The second-order valence-electron chi connectivity index (χ2n) is 7.89. The van der Waals surface area contributed by atoms with Crippen LogP contribution in [-0.2, 0) is 11.2 Å². The van der Waals surface area contributed by atoms with Crippen LogP contribution in [0.2, 0.25) is 0 Å². The minimum Gasteiger partial charge on any atom is -0.441 e. The maximum atomic E-state index is 13.3. The van der Waals surface area contributed by atoms with Gasteiger partial charge in [-0.1, -0.05) is 48.0 Å². The number of ether oxygens (including phenoxy) is 1. The number of hydrogen-bond donors (Lipinski definition) is 1. The van der Waals surface area contributed by atoms with Gasteiger partial charge in [-0.15, -0.1) is 0 Å². The molecule has 0 bridgehead atoms. The fourth-order valence-electron chi connectivity index (χ4n) is 4.13. The fraction of sp³-hybridized carbons (Fsp3) is 0.391. The molecule has 5 heteroatoms. The van der Waals surface area contributed by atoms with Crippen LogP contribution in [-0.4, -0.2) is 42.1 Å². The van der Waals surface area contributed by atoms with Crippen LogP contribution in [0.3, 0.4) is 0 Å². The zero-order valence-corrected chi connectivity index (χ0v) is 16.2. The normalized spacial score (nSPS) is 21.9. The van der Waals surface area contributed by atoms with Gasteiger partial charge in [0.25, 0.3) is 5.91 Å². The molecule has 2 saturated heterocycles. The minimum atomic E-state index is -0.451. The predicted molar refractivity (Wildman–Crippen MR) is 107 cm³/mol. The van der Waals surface area contributed by atoms with Gasteiger partial charge in [-0.3, -0.25) is 4.79 Å². The number of carbonyl (C=O) groups is 2. The molecule has 1 atom stereocenters. The number of benzene rings is 2. The summed E-state index contributed by atoms with van der Waals surface area (Å²) in [4.78, 5) is 26.7. The molecule has 5 nitrogen and oxygen atoms in total. The summed E-state index contributed by atoms with van der Waals surface area (Å²) in [5, 5.41) is 2.76. The van der Waals surface area contributed by atoms with Gasteiger partial charge in [-0.05, 0) is 43.4 Å². The average Bonchev–Trinajstić information content (AvgIpc) is 2.94. The van der Waals surface area contributed by atoms with Crippen LogP contribution in [0.5, 0.6) is 0 Å². The first-order valence-electron chi connectivity index (χ1n) is 9.94. The van der Waals surface area contributed by atoms with Crippen molar-refractivity contribution >= 4 is 12.0 Å². The number of carbonyl (C=O) groups excluding carboxylic acids is 2. The molecule has 0 saturated carbocycles. The number of alkyl carbamates (subject to hydrolysis) is 1. The Morgan fingerprint density at radius 2 is 1.89 bits per heavy atom. The lowest BCUT2D eigenvalue weighted by molar-refractivity contribution is 0.0438. The molecule has 28 heavy (non-hydrogen) atoms. The summed E-state index contributed by atoms with van der Waals surface area (Å²) in [6, 6.07) is 16.3. The summed E-state index contributed by atoms with van der Waals surface area (Å²) in [6.45, 7) is 3.91. The maximum Gasteiger partial charge on any atom is 0.407 e. The number of nitrogens with one attached hydrogen (secondary N) is 1. The van der Waals surface area contributed by atoms with Crippen molar-refractivity contribution in [2.75, 3.05) is 19.6 Å². The highest BCUT2D eigenvalue weighted by Crippen LogP contribution is 2.30. The molecule has 0 unspecified atom stereocenters. The Morgan fingerprint density at radius 3 is 2.64 bits per heavy atom. The van der Waals surface area contributed by atoms with Crippen LogP contribution in [0.15, 0.2) is 48.5 Å². The highest BCUT2D eigenvalue weighted by molar-refractivity contribution is 5.95. The molecule has 2 aliphatic rings. The van der Waals surface area contributed by atoms with E-state index in [4.69, 9.17) is 4.74 Å². The lowest BCUT2D eigenvalue weighted by Crippen LogP contribution is -2.36. The van der Waals surface area contributed by atoms with Crippen molar-refractivity contribution in [3.63, 3.8) is 0 Å². The van der Waals surface area contributed by atoms with E-state index in [9.17, 15) is 9.59 Å². The lowest BCUT2D eigenvalue weighted by atomic mass is 9.95. The van der Waals surface area contributed by atoms with Crippen LogP contribution < -0.4 is 5.32 Å². The molecule has 0 aromatic heterocycles. The topological polar surface area (TPSA) is 58.6 Å². The van der Waals surface area contributed by atoms with Gasteiger partial charge in [-0.2, -0.15) is 0 Å². The van der Waals surface area contributed by atoms with Crippen molar-refractivity contribution in [2.24, 2.45) is 0 Å². The van der Waals surface area contributed by atoms with Crippen LogP contribution in [0.4, 0.5) is 4.79 Å². The number of rotatable bonds is 3. The molecular formula is C23H26N2O3. The summed E-state index contributed by atoms with van der Waals surface area (Å²) in [6.07, 6.45) is 2.70. The van der Waals surface area contributed by atoms with Crippen molar-refractivity contribution in [3.05, 3.63) is 70.8 Å². The molecule has 2 aromatic carbocycles. The molecule has 1 spiro atoms. The van der Waals surface area contributed by atoms with E-state index in [1.54, 1.807) is 0 Å². The van der Waals surface area contributed by atoms with Crippen molar-refractivity contribution in [1.82, 2.24) is 10.2 Å². The number of likely N-dealkylation sites (tertiary alicyclic amines) is 1. The van der Waals surface area contributed by atoms with E-state index in [1.165, 1.54) is 11.1 Å². The highest BCUT2D eigenvalue weighted by atomic mass is 16.6. The molecule has 146 valence electrons. The number of hydrogen-bond acceptors (Lipinski definition) is 3. The Hall–Kier alpha value is -2.82. The van der Waals surface area contributed by atoms with E-state index in [1.807, 2.05) is 29.2 Å². The lowest BCUT2D eigenvalue weighted by Gasteiger charge is -2.25. The summed E-state index contributed by atoms with van der Waals surface area (Å²) in [5.41, 5.74) is 3.79.